The molecule has 0 atom stereocenters. The maximum absolute atomic E-state index is 13.2. The summed E-state index contributed by atoms with van der Waals surface area (Å²) in [6, 6.07) is 3.46. The zero-order valence-electron chi connectivity index (χ0n) is 17.3. The molecular weight excluding hydrogens is 428 g/mol. The summed E-state index contributed by atoms with van der Waals surface area (Å²) in [7, 11) is 1.55. The van der Waals surface area contributed by atoms with Crippen LogP contribution in [0.4, 0.5) is 5.13 Å². The topological polar surface area (TPSA) is 83.0 Å². The highest BCUT2D eigenvalue weighted by atomic mass is 35.5. The molecule has 0 unspecified atom stereocenters. The standard InChI is InChI=1S/C20H25ClN4O4S/c1-4-23(5-2)10-11-24(17(28)12-25-15(26)8-9-16(25)27)20-22-18-14(29-3)7-6-13(21)19(18)30-20/h6-7H,4-5,8-12H2,1-3H3. The molecule has 1 aromatic carbocycles. The Morgan fingerprint density at radius 3 is 2.47 bits per heavy atom. The largest absolute Gasteiger partial charge is 0.494 e. The average Bonchev–Trinajstić information content (AvgIpc) is 3.31. The van der Waals surface area contributed by atoms with Crippen molar-refractivity contribution in [2.75, 3.05) is 44.7 Å². The fraction of sp³-hybridized carbons (Fsp3) is 0.500. The second-order valence-corrected chi connectivity index (χ2v) is 8.25. The minimum absolute atomic E-state index is 0.152. The summed E-state index contributed by atoms with van der Waals surface area (Å²) >= 11 is 7.63. The first-order chi connectivity index (χ1) is 14.4. The van der Waals surface area contributed by atoms with E-state index in [2.05, 4.69) is 23.7 Å². The molecule has 1 aliphatic rings. The van der Waals surface area contributed by atoms with Crippen molar-refractivity contribution in [1.29, 1.82) is 0 Å². The lowest BCUT2D eigenvalue weighted by atomic mass is 10.3. The van der Waals surface area contributed by atoms with Gasteiger partial charge in [0.15, 0.2) is 5.13 Å². The summed E-state index contributed by atoms with van der Waals surface area (Å²) in [5.41, 5.74) is 0.582. The number of anilines is 1. The molecule has 162 valence electrons. The van der Waals surface area contributed by atoms with Gasteiger partial charge in [-0.15, -0.1) is 0 Å². The lowest BCUT2D eigenvalue weighted by Gasteiger charge is -2.26. The normalized spacial score (nSPS) is 14.2. The number of halogens is 1. The Balaban J connectivity index is 1.93. The highest BCUT2D eigenvalue weighted by molar-refractivity contribution is 7.23. The Labute approximate surface area is 184 Å². The monoisotopic (exact) mass is 452 g/mol. The van der Waals surface area contributed by atoms with Crippen molar-refractivity contribution in [3.05, 3.63) is 17.2 Å². The van der Waals surface area contributed by atoms with Gasteiger partial charge in [-0.1, -0.05) is 36.8 Å². The molecule has 8 nitrogen and oxygen atoms in total. The number of nitrogens with zero attached hydrogens (tertiary/aromatic N) is 4. The maximum Gasteiger partial charge on any atom is 0.248 e. The van der Waals surface area contributed by atoms with Crippen LogP contribution in [0.2, 0.25) is 5.02 Å². The number of benzene rings is 1. The molecule has 1 fully saturated rings. The van der Waals surface area contributed by atoms with Crippen molar-refractivity contribution in [2.24, 2.45) is 0 Å². The minimum Gasteiger partial charge on any atom is -0.494 e. The number of hydrogen-bond donors (Lipinski definition) is 0. The first-order valence-corrected chi connectivity index (χ1v) is 11.1. The molecular formula is C20H25ClN4O4S. The highest BCUT2D eigenvalue weighted by Crippen LogP contribution is 2.38. The summed E-state index contributed by atoms with van der Waals surface area (Å²) in [4.78, 5) is 46.5. The molecule has 0 spiro atoms. The van der Waals surface area contributed by atoms with Crippen molar-refractivity contribution in [1.82, 2.24) is 14.8 Å². The van der Waals surface area contributed by atoms with Crippen LogP contribution in [0.25, 0.3) is 10.2 Å². The molecule has 0 radical (unpaired) electrons. The lowest BCUT2D eigenvalue weighted by Crippen LogP contribution is -2.45. The van der Waals surface area contributed by atoms with Gasteiger partial charge in [0.25, 0.3) is 0 Å². The zero-order chi connectivity index (χ0) is 21.8. The van der Waals surface area contributed by atoms with E-state index in [9.17, 15) is 14.4 Å². The van der Waals surface area contributed by atoms with Crippen molar-refractivity contribution in [3.8, 4) is 5.75 Å². The van der Waals surface area contributed by atoms with Gasteiger partial charge in [-0.3, -0.25) is 24.2 Å². The van der Waals surface area contributed by atoms with Crippen LogP contribution in [0.5, 0.6) is 5.75 Å². The number of carbonyl (C=O) groups is 3. The second kappa shape index (κ2) is 9.72. The molecule has 10 heteroatoms. The number of likely N-dealkylation sites (N-methyl/N-ethyl adjacent to an activating group) is 1. The van der Waals surface area contributed by atoms with Gasteiger partial charge in [-0.05, 0) is 25.2 Å². The first kappa shape index (κ1) is 22.5. The smallest absolute Gasteiger partial charge is 0.248 e. The van der Waals surface area contributed by atoms with E-state index in [0.29, 0.717) is 34.5 Å². The number of aromatic nitrogens is 1. The Hall–Kier alpha value is -2.23. The Bertz CT molecular complexity index is 944. The van der Waals surface area contributed by atoms with E-state index in [0.717, 1.165) is 22.7 Å². The van der Waals surface area contributed by atoms with E-state index in [-0.39, 0.29) is 37.1 Å². The molecule has 3 rings (SSSR count). The number of ether oxygens (including phenoxy) is 1. The Kier molecular flexibility index (Phi) is 7.27. The quantitative estimate of drug-likeness (QED) is 0.544. The SMILES string of the molecule is CCN(CC)CCN(C(=O)CN1C(=O)CCC1=O)c1nc2c(OC)ccc(Cl)c2s1. The molecule has 0 saturated carbocycles. The predicted octanol–water partition coefficient (Wildman–Crippen LogP) is 2.78. The number of thiazole rings is 1. The first-order valence-electron chi connectivity index (χ1n) is 9.88. The summed E-state index contributed by atoms with van der Waals surface area (Å²) in [5.74, 6) is -0.407. The third-order valence-electron chi connectivity index (χ3n) is 5.18. The van der Waals surface area contributed by atoms with E-state index >= 15 is 0 Å². The van der Waals surface area contributed by atoms with Crippen LogP contribution in [-0.4, -0.2) is 72.3 Å². The average molecular weight is 453 g/mol. The number of carbonyl (C=O) groups excluding carboxylic acids is 3. The summed E-state index contributed by atoms with van der Waals surface area (Å²) in [6.07, 6.45) is 0.305. The Morgan fingerprint density at radius 1 is 1.20 bits per heavy atom. The zero-order valence-corrected chi connectivity index (χ0v) is 18.9. The summed E-state index contributed by atoms with van der Waals surface area (Å²) < 4.78 is 6.10. The third-order valence-corrected chi connectivity index (χ3v) is 6.72. The number of imide groups is 1. The Morgan fingerprint density at radius 2 is 1.87 bits per heavy atom. The van der Waals surface area contributed by atoms with Gasteiger partial charge in [0.1, 0.15) is 17.8 Å². The molecule has 30 heavy (non-hydrogen) atoms. The summed E-state index contributed by atoms with van der Waals surface area (Å²) in [6.45, 7) is 6.55. The van der Waals surface area contributed by atoms with Gasteiger partial charge in [0.05, 0.1) is 16.8 Å². The van der Waals surface area contributed by atoms with E-state index in [4.69, 9.17) is 16.3 Å². The fourth-order valence-electron chi connectivity index (χ4n) is 3.35. The van der Waals surface area contributed by atoms with Crippen LogP contribution >= 0.6 is 22.9 Å². The number of fused-ring (bicyclic) bond motifs is 1. The van der Waals surface area contributed by atoms with Crippen LogP contribution in [0.1, 0.15) is 26.7 Å². The molecule has 3 amide bonds. The van der Waals surface area contributed by atoms with Crippen molar-refractivity contribution in [3.63, 3.8) is 0 Å². The van der Waals surface area contributed by atoms with Crippen molar-refractivity contribution >= 4 is 56.0 Å². The molecule has 1 saturated heterocycles. The van der Waals surface area contributed by atoms with Gasteiger partial charge in [0.2, 0.25) is 17.7 Å². The predicted molar refractivity (Wildman–Crippen MR) is 117 cm³/mol. The van der Waals surface area contributed by atoms with Gasteiger partial charge in [-0.2, -0.15) is 0 Å². The van der Waals surface area contributed by atoms with E-state index in [1.54, 1.807) is 19.2 Å². The van der Waals surface area contributed by atoms with E-state index in [1.807, 2.05) is 0 Å². The highest BCUT2D eigenvalue weighted by Gasteiger charge is 2.33. The number of amides is 3. The summed E-state index contributed by atoms with van der Waals surface area (Å²) in [5, 5.41) is 0.989. The second-order valence-electron chi connectivity index (χ2n) is 6.87. The molecule has 1 aromatic heterocycles. The molecule has 1 aliphatic heterocycles. The van der Waals surface area contributed by atoms with E-state index in [1.165, 1.54) is 16.2 Å². The van der Waals surface area contributed by atoms with Crippen LogP contribution in [0, 0.1) is 0 Å². The third kappa shape index (κ3) is 4.58. The fourth-order valence-corrected chi connectivity index (χ4v) is 4.65. The van der Waals surface area contributed by atoms with Gasteiger partial charge in [0, 0.05) is 25.9 Å². The van der Waals surface area contributed by atoms with Gasteiger partial charge in [-0.25, -0.2) is 4.98 Å². The maximum atomic E-state index is 13.2. The molecule has 0 N–H and O–H groups in total. The van der Waals surface area contributed by atoms with Crippen LogP contribution in [-0.2, 0) is 14.4 Å². The van der Waals surface area contributed by atoms with Crippen molar-refractivity contribution in [2.45, 2.75) is 26.7 Å². The number of methoxy groups -OCH3 is 1. The molecule has 0 bridgehead atoms. The van der Waals surface area contributed by atoms with Crippen LogP contribution < -0.4 is 9.64 Å². The van der Waals surface area contributed by atoms with E-state index < -0.39 is 0 Å². The molecule has 2 aromatic rings. The van der Waals surface area contributed by atoms with Gasteiger partial charge < -0.3 is 9.64 Å². The lowest BCUT2D eigenvalue weighted by molar-refractivity contribution is -0.141. The van der Waals surface area contributed by atoms with Gasteiger partial charge >= 0.3 is 0 Å². The number of likely N-dealkylation sites (tertiary alicyclic amines) is 1. The van der Waals surface area contributed by atoms with Crippen molar-refractivity contribution < 1.29 is 19.1 Å². The minimum atomic E-state index is -0.347. The number of hydrogen-bond acceptors (Lipinski definition) is 7. The number of rotatable bonds is 9. The molecule has 0 aliphatic carbocycles. The van der Waals surface area contributed by atoms with Crippen LogP contribution in [0.3, 0.4) is 0 Å². The molecule has 2 heterocycles. The van der Waals surface area contributed by atoms with Crippen LogP contribution in [0.15, 0.2) is 12.1 Å².